The lowest BCUT2D eigenvalue weighted by Crippen LogP contribution is -2.34. The number of thiophene rings is 1. The average molecular weight is 329 g/mol. The maximum atomic E-state index is 12.2. The molecule has 0 unspecified atom stereocenters. The number of carbonyl (C=O) groups excluding carboxylic acids is 1. The highest BCUT2D eigenvalue weighted by molar-refractivity contribution is 7.13. The number of likely N-dealkylation sites (N-methyl/N-ethyl adjacent to an activating group) is 1. The van der Waals surface area contributed by atoms with Gasteiger partial charge in [-0.25, -0.2) is 9.78 Å². The predicted molar refractivity (Wildman–Crippen MR) is 86.9 cm³/mol. The Kier molecular flexibility index (Phi) is 4.33. The van der Waals surface area contributed by atoms with Gasteiger partial charge < -0.3 is 4.90 Å². The van der Waals surface area contributed by atoms with Gasteiger partial charge in [0, 0.05) is 19.4 Å². The molecule has 0 fully saturated rings. The fraction of sp³-hybridized carbons (Fsp3) is 0.200. The first-order valence-electron chi connectivity index (χ1n) is 6.97. The number of nitrogens with zero attached hydrogens (tertiary/aromatic N) is 4. The molecule has 0 aliphatic carbocycles. The van der Waals surface area contributed by atoms with Crippen LogP contribution in [0.5, 0.6) is 0 Å². The van der Waals surface area contributed by atoms with Gasteiger partial charge in [0.1, 0.15) is 12.2 Å². The zero-order valence-electron chi connectivity index (χ0n) is 12.5. The molecule has 3 heterocycles. The van der Waals surface area contributed by atoms with Crippen LogP contribution in [0.4, 0.5) is 0 Å². The molecule has 3 rings (SSSR count). The summed E-state index contributed by atoms with van der Waals surface area (Å²) in [5, 5.41) is 9.18. The molecule has 0 saturated carbocycles. The molecule has 8 heteroatoms. The van der Waals surface area contributed by atoms with Crippen molar-refractivity contribution in [3.8, 4) is 10.6 Å². The minimum Gasteiger partial charge on any atom is -0.338 e. The molecule has 1 amide bonds. The van der Waals surface area contributed by atoms with Gasteiger partial charge in [0.2, 0.25) is 5.91 Å². The first-order chi connectivity index (χ1) is 11.1. The van der Waals surface area contributed by atoms with Gasteiger partial charge in [-0.15, -0.1) is 11.3 Å². The number of hydrogen-bond donors (Lipinski definition) is 1. The highest BCUT2D eigenvalue weighted by Crippen LogP contribution is 2.23. The Bertz CT molecular complexity index is 853. The van der Waals surface area contributed by atoms with E-state index < -0.39 is 5.69 Å². The first-order valence-corrected chi connectivity index (χ1v) is 7.85. The second kappa shape index (κ2) is 6.57. The van der Waals surface area contributed by atoms with Gasteiger partial charge in [0.15, 0.2) is 0 Å². The van der Waals surface area contributed by atoms with E-state index in [1.165, 1.54) is 10.8 Å². The molecule has 118 valence electrons. The van der Waals surface area contributed by atoms with Crippen molar-refractivity contribution in [1.29, 1.82) is 0 Å². The summed E-state index contributed by atoms with van der Waals surface area (Å²) in [6, 6.07) is 7.51. The summed E-state index contributed by atoms with van der Waals surface area (Å²) in [7, 11) is 1.69. The highest BCUT2D eigenvalue weighted by Gasteiger charge is 2.13. The smallest absolute Gasteiger partial charge is 0.338 e. The van der Waals surface area contributed by atoms with Crippen LogP contribution in [0.1, 0.15) is 5.69 Å². The maximum absolute atomic E-state index is 12.2. The summed E-state index contributed by atoms with van der Waals surface area (Å²) in [6.45, 7) is 0.362. The number of aromatic amines is 1. The maximum Gasteiger partial charge on any atom is 0.347 e. The second-order valence-corrected chi connectivity index (χ2v) is 5.98. The van der Waals surface area contributed by atoms with Crippen LogP contribution in [0.25, 0.3) is 10.6 Å². The Balaban J connectivity index is 1.65. The summed E-state index contributed by atoms with van der Waals surface area (Å²) >= 11 is 1.61. The third-order valence-corrected chi connectivity index (χ3v) is 4.22. The van der Waals surface area contributed by atoms with Crippen molar-refractivity contribution in [3.05, 3.63) is 58.2 Å². The third-order valence-electron chi connectivity index (χ3n) is 3.33. The number of H-pyrrole nitrogens is 1. The zero-order chi connectivity index (χ0) is 16.2. The van der Waals surface area contributed by atoms with Crippen LogP contribution in [0, 0.1) is 0 Å². The Morgan fingerprint density at radius 2 is 2.30 bits per heavy atom. The van der Waals surface area contributed by atoms with E-state index >= 15 is 0 Å². The molecule has 0 aliphatic rings. The normalized spacial score (nSPS) is 10.7. The van der Waals surface area contributed by atoms with E-state index in [1.54, 1.807) is 35.5 Å². The van der Waals surface area contributed by atoms with E-state index in [2.05, 4.69) is 15.2 Å². The van der Waals surface area contributed by atoms with E-state index in [0.29, 0.717) is 6.54 Å². The van der Waals surface area contributed by atoms with Crippen LogP contribution in [-0.4, -0.2) is 37.6 Å². The van der Waals surface area contributed by atoms with E-state index in [1.807, 2.05) is 23.6 Å². The number of carbonyl (C=O) groups is 1. The van der Waals surface area contributed by atoms with Crippen molar-refractivity contribution in [2.24, 2.45) is 0 Å². The molecule has 3 aromatic heterocycles. The number of aromatic nitrogens is 4. The van der Waals surface area contributed by atoms with Gasteiger partial charge >= 0.3 is 5.69 Å². The quantitative estimate of drug-likeness (QED) is 0.766. The van der Waals surface area contributed by atoms with Gasteiger partial charge in [-0.05, 0) is 23.6 Å². The molecule has 0 aromatic carbocycles. The molecule has 1 N–H and O–H groups in total. The van der Waals surface area contributed by atoms with Gasteiger partial charge in [0.25, 0.3) is 0 Å². The fourth-order valence-corrected chi connectivity index (χ4v) is 2.80. The summed E-state index contributed by atoms with van der Waals surface area (Å²) in [5.74, 6) is -0.174. The molecule has 3 aromatic rings. The number of amides is 1. The van der Waals surface area contributed by atoms with Gasteiger partial charge in [-0.2, -0.15) is 5.10 Å². The van der Waals surface area contributed by atoms with E-state index in [9.17, 15) is 9.59 Å². The minimum atomic E-state index is -0.434. The lowest BCUT2D eigenvalue weighted by molar-refractivity contribution is -0.131. The van der Waals surface area contributed by atoms with Gasteiger partial charge in [0.05, 0.1) is 17.1 Å². The van der Waals surface area contributed by atoms with Crippen LogP contribution in [0.15, 0.2) is 46.8 Å². The monoisotopic (exact) mass is 329 g/mol. The largest absolute Gasteiger partial charge is 0.347 e. The van der Waals surface area contributed by atoms with Crippen molar-refractivity contribution in [2.45, 2.75) is 13.1 Å². The predicted octanol–water partition coefficient (Wildman–Crippen LogP) is 1.35. The van der Waals surface area contributed by atoms with Crippen molar-refractivity contribution in [3.63, 3.8) is 0 Å². The molecular weight excluding hydrogens is 314 g/mol. The number of hydrogen-bond acceptors (Lipinski definition) is 5. The van der Waals surface area contributed by atoms with Crippen LogP contribution in [0.3, 0.4) is 0 Å². The molecule has 23 heavy (non-hydrogen) atoms. The Labute approximate surface area is 136 Å². The molecule has 0 aliphatic heterocycles. The van der Waals surface area contributed by atoms with Gasteiger partial charge in [-0.3, -0.25) is 14.5 Å². The van der Waals surface area contributed by atoms with E-state index in [-0.39, 0.29) is 12.5 Å². The SMILES string of the molecule is CN(Cc1cc(-c2cccs2)n[nH]1)C(=O)Cn1cccnc1=O. The topological polar surface area (TPSA) is 83.9 Å². The molecule has 7 nitrogen and oxygen atoms in total. The van der Waals surface area contributed by atoms with Crippen LogP contribution < -0.4 is 5.69 Å². The van der Waals surface area contributed by atoms with E-state index in [0.717, 1.165) is 16.3 Å². The fourth-order valence-electron chi connectivity index (χ4n) is 2.11. The first kappa shape index (κ1) is 15.2. The van der Waals surface area contributed by atoms with Crippen molar-refractivity contribution >= 4 is 17.2 Å². The molecule has 0 saturated heterocycles. The lowest BCUT2D eigenvalue weighted by Gasteiger charge is -2.16. The van der Waals surface area contributed by atoms with Crippen molar-refractivity contribution < 1.29 is 4.79 Å². The summed E-state index contributed by atoms with van der Waals surface area (Å²) < 4.78 is 1.28. The standard InChI is InChI=1S/C15H15N5O2S/c1-19(14(21)10-20-6-3-5-16-15(20)22)9-11-8-12(18-17-11)13-4-2-7-23-13/h2-8H,9-10H2,1H3,(H,17,18). The third kappa shape index (κ3) is 3.54. The molecular formula is C15H15N5O2S. The molecule has 0 bridgehead atoms. The van der Waals surface area contributed by atoms with Crippen LogP contribution in [-0.2, 0) is 17.9 Å². The Morgan fingerprint density at radius 1 is 1.43 bits per heavy atom. The molecule has 0 atom stereocenters. The van der Waals surface area contributed by atoms with Crippen LogP contribution in [0.2, 0.25) is 0 Å². The summed E-state index contributed by atoms with van der Waals surface area (Å²) in [6.07, 6.45) is 2.95. The number of nitrogens with one attached hydrogen (secondary N) is 1. The van der Waals surface area contributed by atoms with Gasteiger partial charge in [-0.1, -0.05) is 6.07 Å². The van der Waals surface area contributed by atoms with Crippen molar-refractivity contribution in [1.82, 2.24) is 24.6 Å². The second-order valence-electron chi connectivity index (χ2n) is 5.04. The van der Waals surface area contributed by atoms with Crippen LogP contribution >= 0.6 is 11.3 Å². The average Bonchev–Trinajstić information content (AvgIpc) is 3.20. The lowest BCUT2D eigenvalue weighted by atomic mass is 10.3. The molecule has 0 radical (unpaired) electrons. The Morgan fingerprint density at radius 3 is 3.04 bits per heavy atom. The highest BCUT2D eigenvalue weighted by atomic mass is 32.1. The molecule has 0 spiro atoms. The summed E-state index contributed by atoms with van der Waals surface area (Å²) in [5.41, 5.74) is 1.26. The summed E-state index contributed by atoms with van der Waals surface area (Å²) in [4.78, 5) is 30.0. The zero-order valence-corrected chi connectivity index (χ0v) is 13.3. The van der Waals surface area contributed by atoms with E-state index in [4.69, 9.17) is 0 Å². The van der Waals surface area contributed by atoms with Crippen molar-refractivity contribution in [2.75, 3.05) is 7.05 Å². The number of rotatable bonds is 5. The Hall–Kier alpha value is -2.74. The minimum absolute atomic E-state index is 0.0326.